The van der Waals surface area contributed by atoms with Gasteiger partial charge in [0.25, 0.3) is 0 Å². The molecule has 0 fully saturated rings. The van der Waals surface area contributed by atoms with Gasteiger partial charge in [0, 0.05) is 15.2 Å². The highest BCUT2D eigenvalue weighted by atomic mass is 35.5. The minimum atomic E-state index is -1.01. The van der Waals surface area contributed by atoms with Crippen LogP contribution in [0.5, 0.6) is 0 Å². The van der Waals surface area contributed by atoms with E-state index >= 15 is 0 Å². The summed E-state index contributed by atoms with van der Waals surface area (Å²) in [6, 6.07) is 4.72. The Morgan fingerprint density at radius 1 is 1.44 bits per heavy atom. The summed E-state index contributed by atoms with van der Waals surface area (Å²) in [7, 11) is 0. The zero-order valence-corrected chi connectivity index (χ0v) is 10.5. The Morgan fingerprint density at radius 3 is 2.56 bits per heavy atom. The van der Waals surface area contributed by atoms with Crippen molar-refractivity contribution in [2.75, 3.05) is 0 Å². The summed E-state index contributed by atoms with van der Waals surface area (Å²) in [4.78, 5) is 11.6. The molecule has 2 N–H and O–H groups in total. The van der Waals surface area contributed by atoms with Gasteiger partial charge in [-0.3, -0.25) is 0 Å². The van der Waals surface area contributed by atoms with Crippen molar-refractivity contribution in [2.24, 2.45) is 0 Å². The topological polar surface area (TPSA) is 57.5 Å². The van der Waals surface area contributed by atoms with E-state index in [-0.39, 0.29) is 10.8 Å². The van der Waals surface area contributed by atoms with Crippen molar-refractivity contribution in [1.82, 2.24) is 0 Å². The van der Waals surface area contributed by atoms with E-state index in [1.807, 2.05) is 6.92 Å². The van der Waals surface area contributed by atoms with Gasteiger partial charge in [0.15, 0.2) is 0 Å². The van der Waals surface area contributed by atoms with Crippen LogP contribution >= 0.6 is 23.4 Å². The molecule has 0 bridgehead atoms. The smallest absolute Gasteiger partial charge is 0.336 e. The van der Waals surface area contributed by atoms with E-state index in [4.69, 9.17) is 16.7 Å². The molecule has 0 heterocycles. The van der Waals surface area contributed by atoms with Crippen molar-refractivity contribution in [3.05, 3.63) is 28.8 Å². The molecule has 1 aromatic carbocycles. The van der Waals surface area contributed by atoms with Crippen LogP contribution in [0.2, 0.25) is 5.02 Å². The molecule has 0 aliphatic heterocycles. The third-order valence-electron chi connectivity index (χ3n) is 2.16. The van der Waals surface area contributed by atoms with Crippen molar-refractivity contribution in [3.63, 3.8) is 0 Å². The number of aliphatic hydroxyl groups is 1. The van der Waals surface area contributed by atoms with E-state index in [2.05, 4.69) is 0 Å². The first-order valence-electron chi connectivity index (χ1n) is 4.79. The third-order valence-corrected chi connectivity index (χ3v) is 3.77. The molecular formula is C11H13ClO3S. The maximum atomic E-state index is 11.0. The molecule has 0 saturated heterocycles. The number of aromatic carboxylic acids is 1. The van der Waals surface area contributed by atoms with Crippen molar-refractivity contribution < 1.29 is 15.0 Å². The zero-order chi connectivity index (χ0) is 12.3. The lowest BCUT2D eigenvalue weighted by Gasteiger charge is -2.15. The predicted molar refractivity (Wildman–Crippen MR) is 65.4 cm³/mol. The Morgan fingerprint density at radius 2 is 2.06 bits per heavy atom. The lowest BCUT2D eigenvalue weighted by atomic mass is 10.2. The average molecular weight is 261 g/mol. The summed E-state index contributed by atoms with van der Waals surface area (Å²) in [5.74, 6) is -1.01. The number of hydrogen-bond acceptors (Lipinski definition) is 3. The minimum absolute atomic E-state index is 0.0701. The van der Waals surface area contributed by atoms with Crippen molar-refractivity contribution in [2.45, 2.75) is 30.1 Å². The first-order valence-corrected chi connectivity index (χ1v) is 6.05. The standard InChI is InChI=1S/C11H13ClO3S/c1-6(13)7(2)16-10-4-3-8(12)5-9(10)11(14)15/h3-7,13H,1-2H3,(H,14,15). The number of thioether (sulfide) groups is 1. The van der Waals surface area contributed by atoms with Crippen LogP contribution in [0.1, 0.15) is 24.2 Å². The van der Waals surface area contributed by atoms with Crippen LogP contribution in [0.3, 0.4) is 0 Å². The van der Waals surface area contributed by atoms with Crippen LogP contribution in [-0.4, -0.2) is 27.5 Å². The van der Waals surface area contributed by atoms with E-state index in [1.165, 1.54) is 17.8 Å². The molecule has 88 valence electrons. The number of carboxylic acid groups (broad SMARTS) is 1. The number of aliphatic hydroxyl groups excluding tert-OH is 1. The quantitative estimate of drug-likeness (QED) is 0.818. The molecule has 0 saturated carbocycles. The van der Waals surface area contributed by atoms with E-state index < -0.39 is 12.1 Å². The lowest BCUT2D eigenvalue weighted by Crippen LogP contribution is -2.15. The van der Waals surface area contributed by atoms with Crippen molar-refractivity contribution >= 4 is 29.3 Å². The molecule has 2 atom stereocenters. The fourth-order valence-corrected chi connectivity index (χ4v) is 2.26. The van der Waals surface area contributed by atoms with E-state index in [9.17, 15) is 9.90 Å². The largest absolute Gasteiger partial charge is 0.478 e. The Balaban J connectivity index is 2.99. The summed E-state index contributed by atoms with van der Waals surface area (Å²) in [6.45, 7) is 3.52. The van der Waals surface area contributed by atoms with Gasteiger partial charge in [-0.25, -0.2) is 4.79 Å². The fraction of sp³-hybridized carbons (Fsp3) is 0.364. The highest BCUT2D eigenvalue weighted by molar-refractivity contribution is 8.00. The zero-order valence-electron chi connectivity index (χ0n) is 8.98. The monoisotopic (exact) mass is 260 g/mol. The third kappa shape index (κ3) is 3.40. The summed E-state index contributed by atoms with van der Waals surface area (Å²) in [5.41, 5.74) is 0.171. The lowest BCUT2D eigenvalue weighted by molar-refractivity contribution is 0.0693. The van der Waals surface area contributed by atoms with Gasteiger partial charge in [0.1, 0.15) is 0 Å². The highest BCUT2D eigenvalue weighted by Gasteiger charge is 2.16. The molecule has 1 rings (SSSR count). The predicted octanol–water partition coefficient (Wildman–Crippen LogP) is 2.90. The Hall–Kier alpha value is -0.710. The molecule has 16 heavy (non-hydrogen) atoms. The molecular weight excluding hydrogens is 248 g/mol. The second kappa shape index (κ2) is 5.57. The Bertz CT molecular complexity index is 393. The second-order valence-corrected chi connectivity index (χ2v) is 5.36. The van der Waals surface area contributed by atoms with Gasteiger partial charge in [0.2, 0.25) is 0 Å². The molecule has 5 heteroatoms. The van der Waals surface area contributed by atoms with E-state index in [1.54, 1.807) is 19.1 Å². The first kappa shape index (κ1) is 13.4. The van der Waals surface area contributed by atoms with Gasteiger partial charge in [0.05, 0.1) is 11.7 Å². The number of halogens is 1. The number of rotatable bonds is 4. The summed E-state index contributed by atoms with van der Waals surface area (Å²) < 4.78 is 0. The van der Waals surface area contributed by atoms with E-state index in [0.29, 0.717) is 9.92 Å². The Kier molecular flexibility index (Phi) is 4.65. The first-order chi connectivity index (χ1) is 7.41. The number of carbonyl (C=O) groups is 1. The fourth-order valence-electron chi connectivity index (χ4n) is 1.07. The SMILES string of the molecule is CC(O)C(C)Sc1ccc(Cl)cc1C(=O)O. The van der Waals surface area contributed by atoms with Gasteiger partial charge in [-0.15, -0.1) is 11.8 Å². The average Bonchev–Trinajstić information content (AvgIpc) is 2.20. The number of hydrogen-bond donors (Lipinski definition) is 2. The van der Waals surface area contributed by atoms with Crippen LogP contribution < -0.4 is 0 Å². The number of carboxylic acids is 1. The van der Waals surface area contributed by atoms with Crippen LogP contribution in [-0.2, 0) is 0 Å². The Labute approximate surface area is 103 Å². The molecule has 3 nitrogen and oxygen atoms in total. The van der Waals surface area contributed by atoms with Gasteiger partial charge in [-0.05, 0) is 25.1 Å². The van der Waals surface area contributed by atoms with Crippen LogP contribution in [0.25, 0.3) is 0 Å². The summed E-state index contributed by atoms with van der Waals surface area (Å²) >= 11 is 7.06. The molecule has 1 aromatic rings. The van der Waals surface area contributed by atoms with Crippen LogP contribution in [0.15, 0.2) is 23.1 Å². The minimum Gasteiger partial charge on any atom is -0.478 e. The highest BCUT2D eigenvalue weighted by Crippen LogP contribution is 2.30. The maximum absolute atomic E-state index is 11.0. The van der Waals surface area contributed by atoms with E-state index in [0.717, 1.165) is 0 Å². The molecule has 0 aliphatic carbocycles. The normalized spacial score (nSPS) is 14.5. The van der Waals surface area contributed by atoms with Gasteiger partial charge in [-0.2, -0.15) is 0 Å². The van der Waals surface area contributed by atoms with Gasteiger partial charge < -0.3 is 10.2 Å². The van der Waals surface area contributed by atoms with Crippen molar-refractivity contribution in [3.8, 4) is 0 Å². The molecule has 0 radical (unpaired) electrons. The van der Waals surface area contributed by atoms with Gasteiger partial charge in [-0.1, -0.05) is 18.5 Å². The molecule has 2 unspecified atom stereocenters. The van der Waals surface area contributed by atoms with Crippen LogP contribution in [0, 0.1) is 0 Å². The molecule has 0 aliphatic rings. The summed E-state index contributed by atoms with van der Waals surface area (Å²) in [6.07, 6.45) is -0.498. The number of benzene rings is 1. The van der Waals surface area contributed by atoms with Gasteiger partial charge >= 0.3 is 5.97 Å². The summed E-state index contributed by atoms with van der Waals surface area (Å²) in [5, 5.41) is 18.7. The molecule has 0 amide bonds. The molecule has 0 aromatic heterocycles. The van der Waals surface area contributed by atoms with Crippen LogP contribution in [0.4, 0.5) is 0 Å². The van der Waals surface area contributed by atoms with Crippen molar-refractivity contribution in [1.29, 1.82) is 0 Å². The maximum Gasteiger partial charge on any atom is 0.336 e. The molecule has 0 spiro atoms. The second-order valence-electron chi connectivity index (χ2n) is 3.51.